The van der Waals surface area contributed by atoms with E-state index in [1.807, 2.05) is 0 Å². The van der Waals surface area contributed by atoms with Gasteiger partial charge in [-0.1, -0.05) is 19.3 Å². The first-order valence-corrected chi connectivity index (χ1v) is 7.96. The molecule has 0 saturated heterocycles. The minimum Gasteiger partial charge on any atom is -0.497 e. The average Bonchev–Trinajstić information content (AvgIpc) is 2.60. The van der Waals surface area contributed by atoms with Gasteiger partial charge in [0.2, 0.25) is 5.91 Å². The maximum absolute atomic E-state index is 12.2. The summed E-state index contributed by atoms with van der Waals surface area (Å²) in [6.07, 6.45) is 6.46. The van der Waals surface area contributed by atoms with E-state index in [0.717, 1.165) is 19.3 Å². The van der Waals surface area contributed by atoms with Crippen molar-refractivity contribution in [3.63, 3.8) is 0 Å². The Balaban J connectivity index is 2.13. The third-order valence-electron chi connectivity index (χ3n) is 4.33. The van der Waals surface area contributed by atoms with Crippen LogP contribution in [0.25, 0.3) is 6.08 Å². The van der Waals surface area contributed by atoms with E-state index in [2.05, 4.69) is 5.32 Å². The summed E-state index contributed by atoms with van der Waals surface area (Å²) < 4.78 is 10.4. The fourth-order valence-electron chi connectivity index (χ4n) is 2.96. The van der Waals surface area contributed by atoms with Crippen LogP contribution in [-0.4, -0.2) is 36.7 Å². The molecule has 1 amide bonds. The number of nitrogens with one attached hydrogen (secondary N) is 1. The van der Waals surface area contributed by atoms with Crippen molar-refractivity contribution in [1.29, 1.82) is 0 Å². The summed E-state index contributed by atoms with van der Waals surface area (Å²) in [5.41, 5.74) is -0.474. The van der Waals surface area contributed by atoms with Crippen molar-refractivity contribution in [3.05, 3.63) is 29.8 Å². The van der Waals surface area contributed by atoms with Gasteiger partial charge in [0, 0.05) is 11.6 Å². The Bertz CT molecular complexity index is 632. The van der Waals surface area contributed by atoms with Crippen LogP contribution in [0.1, 0.15) is 37.7 Å². The molecule has 2 rings (SSSR count). The third-order valence-corrected chi connectivity index (χ3v) is 4.33. The first kappa shape index (κ1) is 17.8. The second-order valence-corrected chi connectivity index (χ2v) is 5.88. The first-order chi connectivity index (χ1) is 11.5. The lowest BCUT2D eigenvalue weighted by Gasteiger charge is -2.33. The molecule has 0 atom stereocenters. The van der Waals surface area contributed by atoms with Gasteiger partial charge in [0.05, 0.1) is 14.2 Å². The second kappa shape index (κ2) is 7.86. The van der Waals surface area contributed by atoms with Crippen molar-refractivity contribution in [2.24, 2.45) is 0 Å². The smallest absolute Gasteiger partial charge is 0.329 e. The number of aliphatic carboxylic acids is 1. The number of carbonyl (C=O) groups is 2. The summed E-state index contributed by atoms with van der Waals surface area (Å²) in [6, 6.07) is 5.25. The molecule has 2 N–H and O–H groups in total. The highest BCUT2D eigenvalue weighted by Gasteiger charge is 2.40. The molecule has 1 fully saturated rings. The van der Waals surface area contributed by atoms with Gasteiger partial charge in [-0.15, -0.1) is 0 Å². The Hall–Kier alpha value is -2.50. The van der Waals surface area contributed by atoms with Gasteiger partial charge < -0.3 is 19.9 Å². The molecular weight excluding hydrogens is 310 g/mol. The summed E-state index contributed by atoms with van der Waals surface area (Å²) in [5.74, 6) is -0.150. The largest absolute Gasteiger partial charge is 0.497 e. The summed E-state index contributed by atoms with van der Waals surface area (Å²) >= 11 is 0. The standard InChI is InChI=1S/C18H23NO5/c1-23-14-7-8-15(24-2)13(12-14)6-9-16(20)19-18(17(21)22)10-4-3-5-11-18/h6-9,12H,3-5,10-11H2,1-2H3,(H,19,20)(H,21,22)/b9-6+. The third kappa shape index (κ3) is 4.07. The number of benzene rings is 1. The zero-order chi connectivity index (χ0) is 17.6. The van der Waals surface area contributed by atoms with E-state index in [1.54, 1.807) is 38.5 Å². The molecule has 24 heavy (non-hydrogen) atoms. The van der Waals surface area contributed by atoms with E-state index in [-0.39, 0.29) is 0 Å². The topological polar surface area (TPSA) is 84.9 Å². The van der Waals surface area contributed by atoms with Crippen LogP contribution in [0.2, 0.25) is 0 Å². The molecule has 0 aromatic heterocycles. The van der Waals surface area contributed by atoms with Crippen molar-refractivity contribution >= 4 is 18.0 Å². The van der Waals surface area contributed by atoms with Crippen molar-refractivity contribution in [2.75, 3.05) is 14.2 Å². The van der Waals surface area contributed by atoms with Crippen LogP contribution in [0.5, 0.6) is 11.5 Å². The molecule has 0 heterocycles. The molecule has 130 valence electrons. The molecule has 0 bridgehead atoms. The Morgan fingerprint density at radius 1 is 1.17 bits per heavy atom. The van der Waals surface area contributed by atoms with E-state index in [9.17, 15) is 14.7 Å². The Kier molecular flexibility index (Phi) is 5.84. The molecular formula is C18H23NO5. The summed E-state index contributed by atoms with van der Waals surface area (Å²) in [5, 5.41) is 12.2. The predicted octanol–water partition coefficient (Wildman–Crippen LogP) is 2.62. The number of carboxylic acids is 1. The molecule has 1 saturated carbocycles. The fraction of sp³-hybridized carbons (Fsp3) is 0.444. The lowest BCUT2D eigenvalue weighted by molar-refractivity contribution is -0.148. The Morgan fingerprint density at radius 3 is 2.46 bits per heavy atom. The van der Waals surface area contributed by atoms with Gasteiger partial charge in [-0.3, -0.25) is 4.79 Å². The molecule has 1 aliphatic carbocycles. The highest BCUT2D eigenvalue weighted by molar-refractivity contribution is 5.96. The Labute approximate surface area is 141 Å². The predicted molar refractivity (Wildman–Crippen MR) is 90.2 cm³/mol. The van der Waals surface area contributed by atoms with Crippen molar-refractivity contribution in [1.82, 2.24) is 5.32 Å². The zero-order valence-electron chi connectivity index (χ0n) is 14.0. The van der Waals surface area contributed by atoms with Gasteiger partial charge in [-0.05, 0) is 37.1 Å². The van der Waals surface area contributed by atoms with Crippen LogP contribution in [0.4, 0.5) is 0 Å². The number of ether oxygens (including phenoxy) is 2. The van der Waals surface area contributed by atoms with Crippen LogP contribution < -0.4 is 14.8 Å². The molecule has 0 unspecified atom stereocenters. The molecule has 0 aliphatic heterocycles. The average molecular weight is 333 g/mol. The SMILES string of the molecule is COc1ccc(OC)c(/C=C/C(=O)NC2(C(=O)O)CCCCC2)c1. The van der Waals surface area contributed by atoms with Crippen LogP contribution >= 0.6 is 0 Å². The minimum absolute atomic E-state index is 0.427. The van der Waals surface area contributed by atoms with E-state index >= 15 is 0 Å². The molecule has 6 nitrogen and oxygen atoms in total. The number of hydrogen-bond acceptors (Lipinski definition) is 4. The molecule has 6 heteroatoms. The van der Waals surface area contributed by atoms with Crippen molar-refractivity contribution < 1.29 is 24.2 Å². The molecule has 1 aromatic carbocycles. The number of carbonyl (C=O) groups excluding carboxylic acids is 1. The zero-order valence-corrected chi connectivity index (χ0v) is 14.0. The van der Waals surface area contributed by atoms with Gasteiger partial charge in [-0.2, -0.15) is 0 Å². The number of amides is 1. The van der Waals surface area contributed by atoms with E-state index in [4.69, 9.17) is 9.47 Å². The first-order valence-electron chi connectivity index (χ1n) is 7.96. The van der Waals surface area contributed by atoms with Crippen LogP contribution in [0, 0.1) is 0 Å². The highest BCUT2D eigenvalue weighted by Crippen LogP contribution is 2.29. The highest BCUT2D eigenvalue weighted by atomic mass is 16.5. The maximum Gasteiger partial charge on any atom is 0.329 e. The molecule has 1 aromatic rings. The van der Waals surface area contributed by atoms with Crippen molar-refractivity contribution in [3.8, 4) is 11.5 Å². The molecule has 1 aliphatic rings. The van der Waals surface area contributed by atoms with E-state index in [0.29, 0.717) is 29.9 Å². The van der Waals surface area contributed by atoms with Gasteiger partial charge in [0.1, 0.15) is 17.0 Å². The number of methoxy groups -OCH3 is 2. The fourth-order valence-corrected chi connectivity index (χ4v) is 2.96. The number of carboxylic acid groups (broad SMARTS) is 1. The monoisotopic (exact) mass is 333 g/mol. The van der Waals surface area contributed by atoms with Crippen LogP contribution in [0.3, 0.4) is 0 Å². The number of rotatable bonds is 6. The maximum atomic E-state index is 12.2. The Morgan fingerprint density at radius 2 is 1.88 bits per heavy atom. The summed E-state index contributed by atoms with van der Waals surface area (Å²) in [4.78, 5) is 23.8. The lowest BCUT2D eigenvalue weighted by atomic mass is 9.81. The summed E-state index contributed by atoms with van der Waals surface area (Å²) in [7, 11) is 3.10. The minimum atomic E-state index is -1.15. The van der Waals surface area contributed by atoms with Crippen LogP contribution in [-0.2, 0) is 9.59 Å². The second-order valence-electron chi connectivity index (χ2n) is 5.88. The van der Waals surface area contributed by atoms with Crippen molar-refractivity contribution in [2.45, 2.75) is 37.6 Å². The quantitative estimate of drug-likeness (QED) is 0.782. The van der Waals surface area contributed by atoms with Gasteiger partial charge in [-0.25, -0.2) is 4.79 Å². The van der Waals surface area contributed by atoms with Crippen LogP contribution in [0.15, 0.2) is 24.3 Å². The normalized spacial score (nSPS) is 16.6. The van der Waals surface area contributed by atoms with E-state index < -0.39 is 17.4 Å². The van der Waals surface area contributed by atoms with Gasteiger partial charge >= 0.3 is 5.97 Å². The van der Waals surface area contributed by atoms with E-state index in [1.165, 1.54) is 6.08 Å². The molecule has 0 spiro atoms. The molecule has 0 radical (unpaired) electrons. The van der Waals surface area contributed by atoms with Gasteiger partial charge in [0.25, 0.3) is 0 Å². The number of hydrogen-bond donors (Lipinski definition) is 2. The summed E-state index contributed by atoms with van der Waals surface area (Å²) in [6.45, 7) is 0. The van der Waals surface area contributed by atoms with Gasteiger partial charge in [0.15, 0.2) is 0 Å². The lowest BCUT2D eigenvalue weighted by Crippen LogP contribution is -2.55.